The normalized spacial score (nSPS) is 17.5. The number of nitrogens with zero attached hydrogens (tertiary/aromatic N) is 4. The number of benzene rings is 2. The molecule has 0 aliphatic carbocycles. The second-order valence-electron chi connectivity index (χ2n) is 9.44. The summed E-state index contributed by atoms with van der Waals surface area (Å²) in [6, 6.07) is 18.6. The van der Waals surface area contributed by atoms with Gasteiger partial charge < -0.3 is 25.8 Å². The first-order chi connectivity index (χ1) is 19.0. The number of hydrogen-bond donors (Lipinski definition) is 3. The highest BCUT2D eigenvalue weighted by molar-refractivity contribution is 5.79. The summed E-state index contributed by atoms with van der Waals surface area (Å²) in [6.07, 6.45) is 3.38. The van der Waals surface area contributed by atoms with Crippen LogP contribution in [0, 0.1) is 5.92 Å². The van der Waals surface area contributed by atoms with Crippen molar-refractivity contribution in [3.8, 4) is 5.75 Å². The summed E-state index contributed by atoms with van der Waals surface area (Å²) in [7, 11) is 1.62. The Morgan fingerprint density at radius 2 is 1.97 bits per heavy atom. The molecule has 5 rings (SSSR count). The van der Waals surface area contributed by atoms with Gasteiger partial charge >= 0.3 is 6.09 Å². The van der Waals surface area contributed by atoms with Crippen molar-refractivity contribution >= 4 is 29.0 Å². The van der Waals surface area contributed by atoms with Gasteiger partial charge in [-0.05, 0) is 35.7 Å². The fourth-order valence-electron chi connectivity index (χ4n) is 4.86. The maximum Gasteiger partial charge on any atom is 0.407 e. The van der Waals surface area contributed by atoms with Gasteiger partial charge in [0.15, 0.2) is 5.82 Å². The number of piperidine rings is 1. The van der Waals surface area contributed by atoms with Gasteiger partial charge in [-0.15, -0.1) is 0 Å². The van der Waals surface area contributed by atoms with Gasteiger partial charge in [0.05, 0.1) is 13.0 Å². The van der Waals surface area contributed by atoms with E-state index >= 15 is 0 Å². The Hall–Kier alpha value is -4.64. The summed E-state index contributed by atoms with van der Waals surface area (Å²) in [6.45, 7) is 1.79. The van der Waals surface area contributed by atoms with Crippen molar-refractivity contribution in [2.75, 3.05) is 25.5 Å². The first-order valence-electron chi connectivity index (χ1n) is 12.7. The fourth-order valence-corrected chi connectivity index (χ4v) is 4.86. The number of anilines is 2. The largest absolute Gasteiger partial charge is 0.497 e. The molecule has 0 bridgehead atoms. The van der Waals surface area contributed by atoms with E-state index < -0.39 is 24.0 Å². The minimum absolute atomic E-state index is 0.155. The van der Waals surface area contributed by atoms with Crippen LogP contribution in [0.25, 0.3) is 5.52 Å². The van der Waals surface area contributed by atoms with Gasteiger partial charge in [0.2, 0.25) is 5.91 Å². The first kappa shape index (κ1) is 26.0. The molecule has 4 aromatic rings. The fraction of sp³-hybridized carbons (Fsp3) is 0.286. The SMILES string of the molecule is COc1cccc(Nc2ncnn3ccc(CN4CCC(NC(=O)OCc5ccccc5)C(C(N)=O)C4)c23)c1. The third-order valence-corrected chi connectivity index (χ3v) is 6.84. The molecule has 2 atom stereocenters. The monoisotopic (exact) mass is 529 g/mol. The molecular weight excluding hydrogens is 498 g/mol. The maximum absolute atomic E-state index is 12.4. The zero-order valence-electron chi connectivity index (χ0n) is 21.6. The van der Waals surface area contributed by atoms with E-state index in [0.717, 1.165) is 28.1 Å². The second kappa shape index (κ2) is 11.8. The summed E-state index contributed by atoms with van der Waals surface area (Å²) < 4.78 is 12.4. The van der Waals surface area contributed by atoms with Crippen LogP contribution in [0.1, 0.15) is 17.5 Å². The number of carbonyl (C=O) groups is 2. The molecule has 0 spiro atoms. The second-order valence-corrected chi connectivity index (χ2v) is 9.44. The molecule has 0 radical (unpaired) electrons. The van der Waals surface area contributed by atoms with Gasteiger partial charge in [0.1, 0.15) is 24.2 Å². The van der Waals surface area contributed by atoms with Gasteiger partial charge in [-0.3, -0.25) is 9.69 Å². The molecule has 4 N–H and O–H groups in total. The molecular formula is C28H31N7O4. The number of amides is 2. The van der Waals surface area contributed by atoms with Crippen molar-refractivity contribution < 1.29 is 19.1 Å². The average Bonchev–Trinajstić information content (AvgIpc) is 3.37. The summed E-state index contributed by atoms with van der Waals surface area (Å²) in [4.78, 5) is 31.4. The minimum atomic E-state index is -0.563. The maximum atomic E-state index is 12.4. The van der Waals surface area contributed by atoms with Crippen molar-refractivity contribution in [2.24, 2.45) is 11.7 Å². The number of hydrogen-bond acceptors (Lipinski definition) is 8. The molecule has 1 fully saturated rings. The molecule has 1 saturated heterocycles. The molecule has 0 saturated carbocycles. The van der Waals surface area contributed by atoms with Crippen molar-refractivity contribution in [3.63, 3.8) is 0 Å². The molecule has 3 heterocycles. The van der Waals surface area contributed by atoms with Crippen molar-refractivity contribution in [3.05, 3.63) is 84.3 Å². The smallest absolute Gasteiger partial charge is 0.407 e. The Morgan fingerprint density at radius 1 is 1.13 bits per heavy atom. The molecule has 11 heteroatoms. The highest BCUT2D eigenvalue weighted by Gasteiger charge is 2.34. The van der Waals surface area contributed by atoms with Crippen LogP contribution in [0.2, 0.25) is 0 Å². The van der Waals surface area contributed by atoms with Gasteiger partial charge in [-0.2, -0.15) is 5.10 Å². The number of aromatic nitrogens is 3. The van der Waals surface area contributed by atoms with Crippen molar-refractivity contribution in [1.82, 2.24) is 24.8 Å². The predicted octanol–water partition coefficient (Wildman–Crippen LogP) is 3.08. The van der Waals surface area contributed by atoms with E-state index in [1.54, 1.807) is 11.6 Å². The molecule has 2 aromatic heterocycles. The number of alkyl carbamates (subject to hydrolysis) is 1. The predicted molar refractivity (Wildman–Crippen MR) is 145 cm³/mol. The summed E-state index contributed by atoms with van der Waals surface area (Å²) in [5.74, 6) is 0.377. The number of methoxy groups -OCH3 is 1. The Labute approximate surface area is 225 Å². The van der Waals surface area contributed by atoms with Crippen molar-refractivity contribution in [1.29, 1.82) is 0 Å². The lowest BCUT2D eigenvalue weighted by Crippen LogP contribution is -2.54. The zero-order valence-corrected chi connectivity index (χ0v) is 21.6. The molecule has 11 nitrogen and oxygen atoms in total. The zero-order chi connectivity index (χ0) is 27.2. The molecule has 2 aromatic carbocycles. The van der Waals surface area contributed by atoms with E-state index in [-0.39, 0.29) is 6.61 Å². The highest BCUT2D eigenvalue weighted by atomic mass is 16.5. The molecule has 2 amide bonds. The number of likely N-dealkylation sites (tertiary alicyclic amines) is 1. The third kappa shape index (κ3) is 6.27. The Bertz CT molecular complexity index is 1440. The molecule has 202 valence electrons. The Morgan fingerprint density at radius 3 is 2.77 bits per heavy atom. The third-order valence-electron chi connectivity index (χ3n) is 6.84. The topological polar surface area (TPSA) is 136 Å². The van der Waals surface area contributed by atoms with Crippen LogP contribution in [0.3, 0.4) is 0 Å². The number of primary amides is 1. The van der Waals surface area contributed by atoms with Crippen molar-refractivity contribution in [2.45, 2.75) is 25.6 Å². The lowest BCUT2D eigenvalue weighted by atomic mass is 9.91. The van der Waals surface area contributed by atoms with Gasteiger partial charge in [-0.25, -0.2) is 14.3 Å². The molecule has 1 aliphatic heterocycles. The number of fused-ring (bicyclic) bond motifs is 1. The standard InChI is InChI=1S/C28H31N7O4/c1-38-22-9-5-8-21(14-22)32-27-25-20(10-13-35(25)31-18-30-27)15-34-12-11-24(23(16-34)26(29)36)33-28(37)39-17-19-6-3-2-4-7-19/h2-10,13-14,18,23-24H,11-12,15-17H2,1H3,(H2,29,36)(H,33,37)(H,30,31,32). The number of nitrogens with two attached hydrogens (primary N) is 1. The first-order valence-corrected chi connectivity index (χ1v) is 12.7. The minimum Gasteiger partial charge on any atom is -0.497 e. The van der Waals surface area contributed by atoms with E-state index in [9.17, 15) is 9.59 Å². The van der Waals surface area contributed by atoms with E-state index in [0.29, 0.717) is 31.9 Å². The number of carbonyl (C=O) groups excluding carboxylic acids is 2. The number of ether oxygens (including phenoxy) is 2. The molecule has 2 unspecified atom stereocenters. The molecule has 1 aliphatic rings. The van der Waals surface area contributed by atoms with E-state index in [2.05, 4.69) is 25.6 Å². The van der Waals surface area contributed by atoms with Crippen LogP contribution < -0.4 is 21.1 Å². The van der Waals surface area contributed by atoms with Crippen LogP contribution in [0.15, 0.2) is 73.2 Å². The van der Waals surface area contributed by atoms with Crippen LogP contribution in [0.4, 0.5) is 16.3 Å². The van der Waals surface area contributed by atoms with Gasteiger partial charge in [0.25, 0.3) is 0 Å². The summed E-state index contributed by atoms with van der Waals surface area (Å²) in [5.41, 5.74) is 9.31. The van der Waals surface area contributed by atoms with Gasteiger partial charge in [-0.1, -0.05) is 36.4 Å². The summed E-state index contributed by atoms with van der Waals surface area (Å²) >= 11 is 0. The number of nitrogens with one attached hydrogen (secondary N) is 2. The quantitative estimate of drug-likeness (QED) is 0.301. The molecule has 39 heavy (non-hydrogen) atoms. The van der Waals surface area contributed by atoms with E-state index in [4.69, 9.17) is 15.2 Å². The highest BCUT2D eigenvalue weighted by Crippen LogP contribution is 2.27. The lowest BCUT2D eigenvalue weighted by molar-refractivity contribution is -0.124. The summed E-state index contributed by atoms with van der Waals surface area (Å²) in [5, 5.41) is 10.5. The lowest BCUT2D eigenvalue weighted by Gasteiger charge is -2.37. The van der Waals surface area contributed by atoms with Crippen LogP contribution in [-0.4, -0.2) is 57.7 Å². The van der Waals surface area contributed by atoms with Crippen LogP contribution in [-0.2, 0) is 22.7 Å². The van der Waals surface area contributed by atoms with E-state index in [1.165, 1.54) is 6.33 Å². The number of rotatable bonds is 9. The van der Waals surface area contributed by atoms with Crippen LogP contribution >= 0.6 is 0 Å². The van der Waals surface area contributed by atoms with Crippen LogP contribution in [0.5, 0.6) is 5.75 Å². The Kier molecular flexibility index (Phi) is 7.88. The Balaban J connectivity index is 1.25. The van der Waals surface area contributed by atoms with Gasteiger partial charge in [0, 0.05) is 43.6 Å². The average molecular weight is 530 g/mol. The van der Waals surface area contributed by atoms with E-state index in [1.807, 2.05) is 66.9 Å².